The Morgan fingerprint density at radius 2 is 1.88 bits per heavy atom. The molecule has 1 unspecified atom stereocenters. The van der Waals surface area contributed by atoms with Crippen molar-refractivity contribution in [2.24, 2.45) is 12.5 Å². The topological polar surface area (TPSA) is 33.5 Å². The molecule has 2 fully saturated rings. The maximum Gasteiger partial charge on any atom is 0.119 e. The molecule has 2 aliphatic heterocycles. The lowest BCUT2D eigenvalue weighted by Gasteiger charge is -2.40. The van der Waals surface area contributed by atoms with E-state index in [4.69, 9.17) is 4.74 Å². The Balaban J connectivity index is 1.37. The standard InChI is InChI=1S/C21H30N4O/c1-23-13-19(12-22-23)15-25-10-8-21(17-25)7-4-9-24(16-21)14-18-5-3-6-20(11-18)26-2/h3,5-6,11-13H,4,7-10,14-17H2,1-2H3. The summed E-state index contributed by atoms with van der Waals surface area (Å²) in [5.41, 5.74) is 3.15. The molecule has 1 spiro atoms. The second-order valence-electron chi connectivity index (χ2n) is 8.15. The summed E-state index contributed by atoms with van der Waals surface area (Å²) in [6.45, 7) is 6.92. The van der Waals surface area contributed by atoms with E-state index in [0.717, 1.165) is 18.8 Å². The van der Waals surface area contributed by atoms with Crippen LogP contribution in [0.2, 0.25) is 0 Å². The maximum absolute atomic E-state index is 5.38. The smallest absolute Gasteiger partial charge is 0.119 e. The quantitative estimate of drug-likeness (QED) is 0.827. The zero-order chi connectivity index (χ0) is 18.0. The molecule has 0 aliphatic carbocycles. The zero-order valence-corrected chi connectivity index (χ0v) is 16.0. The van der Waals surface area contributed by atoms with E-state index in [2.05, 4.69) is 39.3 Å². The number of methoxy groups -OCH3 is 1. The van der Waals surface area contributed by atoms with E-state index in [0.29, 0.717) is 5.41 Å². The molecule has 0 radical (unpaired) electrons. The van der Waals surface area contributed by atoms with E-state index in [1.54, 1.807) is 7.11 Å². The van der Waals surface area contributed by atoms with Crippen molar-refractivity contribution in [1.82, 2.24) is 19.6 Å². The third-order valence-electron chi connectivity index (χ3n) is 5.96. The highest BCUT2D eigenvalue weighted by atomic mass is 16.5. The molecule has 0 bridgehead atoms. The molecule has 5 heteroatoms. The van der Waals surface area contributed by atoms with Crippen LogP contribution in [0, 0.1) is 5.41 Å². The number of hydrogen-bond donors (Lipinski definition) is 0. The lowest BCUT2D eigenvalue weighted by molar-refractivity contribution is 0.0866. The van der Waals surface area contributed by atoms with Gasteiger partial charge in [-0.1, -0.05) is 12.1 Å². The lowest BCUT2D eigenvalue weighted by Crippen LogP contribution is -2.44. The number of likely N-dealkylation sites (tertiary alicyclic amines) is 2. The van der Waals surface area contributed by atoms with Gasteiger partial charge in [0.25, 0.3) is 0 Å². The van der Waals surface area contributed by atoms with Crippen LogP contribution in [0.3, 0.4) is 0 Å². The van der Waals surface area contributed by atoms with Gasteiger partial charge in [-0.15, -0.1) is 0 Å². The minimum absolute atomic E-state index is 0.472. The summed E-state index contributed by atoms with van der Waals surface area (Å²) in [6, 6.07) is 8.51. The summed E-state index contributed by atoms with van der Waals surface area (Å²) in [4.78, 5) is 5.26. The highest BCUT2D eigenvalue weighted by molar-refractivity contribution is 5.28. The summed E-state index contributed by atoms with van der Waals surface area (Å²) >= 11 is 0. The maximum atomic E-state index is 5.38. The van der Waals surface area contributed by atoms with Gasteiger partial charge in [0, 0.05) is 45.0 Å². The Morgan fingerprint density at radius 3 is 2.65 bits per heavy atom. The van der Waals surface area contributed by atoms with Gasteiger partial charge in [-0.3, -0.25) is 14.5 Å². The van der Waals surface area contributed by atoms with Gasteiger partial charge < -0.3 is 4.74 Å². The number of hydrogen-bond acceptors (Lipinski definition) is 4. The Kier molecular flexibility index (Phi) is 5.00. The molecule has 1 aromatic heterocycles. The fourth-order valence-corrected chi connectivity index (χ4v) is 4.78. The first-order valence-electron chi connectivity index (χ1n) is 9.69. The summed E-state index contributed by atoms with van der Waals surface area (Å²) in [6.07, 6.45) is 8.14. The Labute approximate surface area is 156 Å². The van der Waals surface area contributed by atoms with Crippen molar-refractivity contribution < 1.29 is 4.74 Å². The van der Waals surface area contributed by atoms with E-state index in [9.17, 15) is 0 Å². The first kappa shape index (κ1) is 17.6. The van der Waals surface area contributed by atoms with E-state index in [1.807, 2.05) is 24.0 Å². The molecule has 0 amide bonds. The molecule has 3 heterocycles. The van der Waals surface area contributed by atoms with Crippen LogP contribution in [0.4, 0.5) is 0 Å². The fourth-order valence-electron chi connectivity index (χ4n) is 4.78. The largest absolute Gasteiger partial charge is 0.497 e. The van der Waals surface area contributed by atoms with Crippen LogP contribution in [0.1, 0.15) is 30.4 Å². The number of benzene rings is 1. The van der Waals surface area contributed by atoms with Gasteiger partial charge in [0.2, 0.25) is 0 Å². The molecule has 1 atom stereocenters. The molecule has 2 saturated heterocycles. The monoisotopic (exact) mass is 354 g/mol. The van der Waals surface area contributed by atoms with Crippen molar-refractivity contribution in [2.75, 3.05) is 33.3 Å². The van der Waals surface area contributed by atoms with Crippen LogP contribution in [-0.4, -0.2) is 52.9 Å². The van der Waals surface area contributed by atoms with Gasteiger partial charge in [0.15, 0.2) is 0 Å². The third-order valence-corrected chi connectivity index (χ3v) is 5.96. The Morgan fingerprint density at radius 1 is 1.08 bits per heavy atom. The van der Waals surface area contributed by atoms with Crippen molar-refractivity contribution >= 4 is 0 Å². The average Bonchev–Trinajstić information content (AvgIpc) is 3.22. The number of piperidine rings is 1. The normalized spacial score (nSPS) is 24.4. The van der Waals surface area contributed by atoms with Crippen molar-refractivity contribution in [3.63, 3.8) is 0 Å². The summed E-state index contributed by atoms with van der Waals surface area (Å²) in [5.74, 6) is 0.956. The molecule has 4 rings (SSSR count). The first-order chi connectivity index (χ1) is 12.6. The molecule has 0 saturated carbocycles. The van der Waals surface area contributed by atoms with Crippen molar-refractivity contribution in [2.45, 2.75) is 32.4 Å². The summed E-state index contributed by atoms with van der Waals surface area (Å²) in [7, 11) is 3.73. The van der Waals surface area contributed by atoms with E-state index in [-0.39, 0.29) is 0 Å². The Bertz CT molecular complexity index is 743. The van der Waals surface area contributed by atoms with Gasteiger partial charge >= 0.3 is 0 Å². The summed E-state index contributed by atoms with van der Waals surface area (Å²) in [5, 5.41) is 4.31. The van der Waals surface area contributed by atoms with Gasteiger partial charge in [-0.25, -0.2) is 0 Å². The molecule has 0 N–H and O–H groups in total. The molecule has 5 nitrogen and oxygen atoms in total. The van der Waals surface area contributed by atoms with Crippen LogP contribution in [0.5, 0.6) is 5.75 Å². The van der Waals surface area contributed by atoms with E-state index < -0.39 is 0 Å². The molecular weight excluding hydrogens is 324 g/mol. The average molecular weight is 354 g/mol. The van der Waals surface area contributed by atoms with Crippen molar-refractivity contribution in [1.29, 1.82) is 0 Å². The van der Waals surface area contributed by atoms with Crippen LogP contribution < -0.4 is 4.74 Å². The second-order valence-corrected chi connectivity index (χ2v) is 8.15. The molecule has 2 aliphatic rings. The molecular formula is C21H30N4O. The highest BCUT2D eigenvalue weighted by Gasteiger charge is 2.41. The predicted octanol–water partition coefficient (Wildman–Crippen LogP) is 2.92. The van der Waals surface area contributed by atoms with Crippen LogP contribution >= 0.6 is 0 Å². The van der Waals surface area contributed by atoms with Crippen molar-refractivity contribution in [3.8, 4) is 5.75 Å². The number of nitrogens with zero attached hydrogens (tertiary/aromatic N) is 4. The number of ether oxygens (including phenoxy) is 1. The molecule has 2 aromatic rings. The fraction of sp³-hybridized carbons (Fsp3) is 0.571. The molecule has 140 valence electrons. The van der Waals surface area contributed by atoms with Gasteiger partial charge in [-0.05, 0) is 55.5 Å². The first-order valence-corrected chi connectivity index (χ1v) is 9.69. The number of rotatable bonds is 5. The second kappa shape index (κ2) is 7.41. The van der Waals surface area contributed by atoms with Crippen molar-refractivity contribution in [3.05, 3.63) is 47.8 Å². The SMILES string of the molecule is COc1cccc(CN2CCCC3(CCN(Cc4cnn(C)c4)C3)C2)c1. The summed E-state index contributed by atoms with van der Waals surface area (Å²) < 4.78 is 7.28. The number of aryl methyl sites for hydroxylation is 1. The lowest BCUT2D eigenvalue weighted by atomic mass is 9.79. The predicted molar refractivity (Wildman–Crippen MR) is 103 cm³/mol. The number of aromatic nitrogens is 2. The van der Waals surface area contributed by atoms with Gasteiger partial charge in [-0.2, -0.15) is 5.10 Å². The van der Waals surface area contributed by atoms with Gasteiger partial charge in [0.1, 0.15) is 5.75 Å². The molecule has 26 heavy (non-hydrogen) atoms. The van der Waals surface area contributed by atoms with Crippen LogP contribution in [-0.2, 0) is 20.1 Å². The zero-order valence-electron chi connectivity index (χ0n) is 16.0. The molecule has 1 aromatic carbocycles. The van der Waals surface area contributed by atoms with E-state index in [1.165, 1.54) is 56.6 Å². The van der Waals surface area contributed by atoms with Crippen LogP contribution in [0.15, 0.2) is 36.7 Å². The third kappa shape index (κ3) is 3.94. The Hall–Kier alpha value is -1.85. The van der Waals surface area contributed by atoms with E-state index >= 15 is 0 Å². The van der Waals surface area contributed by atoms with Gasteiger partial charge in [0.05, 0.1) is 13.3 Å². The minimum atomic E-state index is 0.472. The highest BCUT2D eigenvalue weighted by Crippen LogP contribution is 2.39. The minimum Gasteiger partial charge on any atom is -0.497 e. The van der Waals surface area contributed by atoms with Crippen LogP contribution in [0.25, 0.3) is 0 Å².